The van der Waals surface area contributed by atoms with Gasteiger partial charge in [-0.15, -0.1) is 0 Å². The Bertz CT molecular complexity index is 526. The first-order valence-corrected chi connectivity index (χ1v) is 5.13. The van der Waals surface area contributed by atoms with E-state index in [4.69, 9.17) is 0 Å². The molecule has 1 aliphatic heterocycles. The molecule has 0 unspecified atom stereocenters. The van der Waals surface area contributed by atoms with Crippen LogP contribution in [0.3, 0.4) is 0 Å². The largest absolute Gasteiger partial charge is 0.328 e. The molecule has 7 heteroatoms. The first-order chi connectivity index (χ1) is 8.56. The topological polar surface area (TPSA) is 99.7 Å². The van der Waals surface area contributed by atoms with E-state index >= 15 is 0 Å². The van der Waals surface area contributed by atoms with Gasteiger partial charge in [-0.25, -0.2) is 4.79 Å². The van der Waals surface area contributed by atoms with Gasteiger partial charge < -0.3 is 0 Å². The van der Waals surface area contributed by atoms with Gasteiger partial charge in [0, 0.05) is 0 Å². The van der Waals surface area contributed by atoms with Crippen molar-refractivity contribution in [2.45, 2.75) is 6.92 Å². The van der Waals surface area contributed by atoms with Crippen molar-refractivity contribution >= 4 is 29.2 Å². The van der Waals surface area contributed by atoms with E-state index < -0.39 is 23.6 Å². The number of carbonyl (C=O) groups excluding carboxylic acids is 3. The van der Waals surface area contributed by atoms with Crippen LogP contribution in [0.15, 0.2) is 29.4 Å². The number of nitrogens with zero attached hydrogens (tertiary/aromatic N) is 1. The first-order valence-electron chi connectivity index (χ1n) is 5.13. The third-order valence-corrected chi connectivity index (χ3v) is 2.23. The lowest BCUT2D eigenvalue weighted by molar-refractivity contribution is -0.119. The van der Waals surface area contributed by atoms with Gasteiger partial charge in [-0.05, 0) is 19.1 Å². The molecule has 4 amide bonds. The molecule has 0 radical (unpaired) electrons. The van der Waals surface area contributed by atoms with E-state index in [0.717, 1.165) is 5.56 Å². The fourth-order valence-electron chi connectivity index (χ4n) is 1.31. The Kier molecular flexibility index (Phi) is 3.05. The Balaban J connectivity index is 2.13. The highest BCUT2D eigenvalue weighted by atomic mass is 16.2. The summed E-state index contributed by atoms with van der Waals surface area (Å²) in [7, 11) is 0. The highest BCUT2D eigenvalue weighted by Crippen LogP contribution is 2.08. The van der Waals surface area contributed by atoms with Crippen LogP contribution in [0.25, 0.3) is 0 Å². The summed E-state index contributed by atoms with van der Waals surface area (Å²) in [6, 6.07) is 6.37. The van der Waals surface area contributed by atoms with Crippen LogP contribution in [0.5, 0.6) is 0 Å². The summed E-state index contributed by atoms with van der Waals surface area (Å²) in [6.45, 7) is 1.93. The van der Waals surface area contributed by atoms with Gasteiger partial charge in [0.25, 0.3) is 11.8 Å². The van der Waals surface area contributed by atoms with Crippen LogP contribution >= 0.6 is 0 Å². The lowest BCUT2D eigenvalue weighted by Crippen LogP contribution is -2.56. The molecule has 1 aromatic carbocycles. The molecule has 0 atom stereocenters. The number of hydrogen-bond acceptors (Lipinski definition) is 5. The van der Waals surface area contributed by atoms with E-state index in [0.29, 0.717) is 5.69 Å². The Morgan fingerprint density at radius 2 is 1.56 bits per heavy atom. The fourth-order valence-corrected chi connectivity index (χ4v) is 1.31. The SMILES string of the molecule is Cc1ccc(NN=C2C(=O)NC(=O)NC2=O)cc1. The second kappa shape index (κ2) is 4.66. The molecule has 1 aliphatic rings. The van der Waals surface area contributed by atoms with E-state index in [-0.39, 0.29) is 0 Å². The number of hydrazone groups is 1. The standard InChI is InChI=1S/C11H10N4O3/c1-6-2-4-7(5-3-6)14-15-8-9(16)12-11(18)13-10(8)17/h2-5,14H,1H3,(H2,12,13,16,17,18). The van der Waals surface area contributed by atoms with Crippen LogP contribution in [0.4, 0.5) is 10.5 Å². The van der Waals surface area contributed by atoms with Gasteiger partial charge in [-0.3, -0.25) is 25.6 Å². The average molecular weight is 246 g/mol. The van der Waals surface area contributed by atoms with Gasteiger partial charge in [0.05, 0.1) is 5.69 Å². The normalized spacial score (nSPS) is 14.9. The summed E-state index contributed by atoms with van der Waals surface area (Å²) >= 11 is 0. The summed E-state index contributed by atoms with van der Waals surface area (Å²) < 4.78 is 0. The molecule has 1 saturated heterocycles. The highest BCUT2D eigenvalue weighted by molar-refractivity contribution is 6.68. The van der Waals surface area contributed by atoms with E-state index in [1.807, 2.05) is 29.7 Å². The van der Waals surface area contributed by atoms with E-state index in [1.165, 1.54) is 0 Å². The number of aryl methyl sites for hydroxylation is 1. The number of amides is 4. The summed E-state index contributed by atoms with van der Waals surface area (Å²) in [5.74, 6) is -1.66. The zero-order valence-electron chi connectivity index (χ0n) is 9.48. The van der Waals surface area contributed by atoms with Gasteiger partial charge >= 0.3 is 6.03 Å². The second-order valence-corrected chi connectivity index (χ2v) is 3.68. The van der Waals surface area contributed by atoms with Crippen LogP contribution in [-0.2, 0) is 9.59 Å². The van der Waals surface area contributed by atoms with Crippen molar-refractivity contribution in [1.29, 1.82) is 0 Å². The number of imide groups is 2. The first kappa shape index (κ1) is 11.8. The van der Waals surface area contributed by atoms with Crippen molar-refractivity contribution in [3.05, 3.63) is 29.8 Å². The number of nitrogens with one attached hydrogen (secondary N) is 3. The summed E-state index contributed by atoms with van der Waals surface area (Å²) in [4.78, 5) is 33.5. The number of anilines is 1. The van der Waals surface area contributed by atoms with Crippen molar-refractivity contribution in [2.24, 2.45) is 5.10 Å². The molecule has 0 aromatic heterocycles. The highest BCUT2D eigenvalue weighted by Gasteiger charge is 2.29. The summed E-state index contributed by atoms with van der Waals surface area (Å²) in [5, 5.41) is 7.52. The monoisotopic (exact) mass is 246 g/mol. The number of carbonyl (C=O) groups is 3. The predicted molar refractivity (Wildman–Crippen MR) is 63.9 cm³/mol. The number of rotatable bonds is 2. The molecule has 0 saturated carbocycles. The average Bonchev–Trinajstić information content (AvgIpc) is 2.30. The van der Waals surface area contributed by atoms with Crippen molar-refractivity contribution in [3.63, 3.8) is 0 Å². The fraction of sp³-hybridized carbons (Fsp3) is 0.0909. The molecule has 92 valence electrons. The molecule has 0 spiro atoms. The Morgan fingerprint density at radius 3 is 2.11 bits per heavy atom. The molecule has 0 bridgehead atoms. The Morgan fingerprint density at radius 1 is 1.00 bits per heavy atom. The second-order valence-electron chi connectivity index (χ2n) is 3.68. The van der Waals surface area contributed by atoms with Gasteiger partial charge in [-0.2, -0.15) is 5.10 Å². The molecule has 1 fully saturated rings. The van der Waals surface area contributed by atoms with Crippen LogP contribution in [0.1, 0.15) is 5.56 Å². The molecule has 3 N–H and O–H groups in total. The lowest BCUT2D eigenvalue weighted by atomic mass is 10.2. The smallest absolute Gasteiger partial charge is 0.278 e. The molecule has 1 aromatic rings. The third kappa shape index (κ3) is 2.51. The van der Waals surface area contributed by atoms with Crippen LogP contribution in [-0.4, -0.2) is 23.6 Å². The molecule has 1 heterocycles. The molecule has 18 heavy (non-hydrogen) atoms. The number of benzene rings is 1. The molecular weight excluding hydrogens is 236 g/mol. The van der Waals surface area contributed by atoms with Crippen molar-refractivity contribution in [2.75, 3.05) is 5.43 Å². The Labute approximate surface area is 102 Å². The van der Waals surface area contributed by atoms with E-state index in [9.17, 15) is 14.4 Å². The van der Waals surface area contributed by atoms with Gasteiger partial charge in [0.2, 0.25) is 5.71 Å². The quantitative estimate of drug-likeness (QED) is 0.646. The maximum absolute atomic E-state index is 11.3. The molecular formula is C11H10N4O3. The number of urea groups is 1. The van der Waals surface area contributed by atoms with Gasteiger partial charge in [0.15, 0.2) is 0 Å². The molecule has 2 rings (SSSR count). The minimum absolute atomic E-state index is 0.393. The zero-order valence-corrected chi connectivity index (χ0v) is 9.48. The maximum atomic E-state index is 11.3. The zero-order chi connectivity index (χ0) is 13.1. The predicted octanol–water partition coefficient (Wildman–Crippen LogP) is 0.129. The summed E-state index contributed by atoms with van der Waals surface area (Å²) in [6.07, 6.45) is 0. The van der Waals surface area contributed by atoms with E-state index in [2.05, 4.69) is 10.5 Å². The maximum Gasteiger partial charge on any atom is 0.328 e. The Hall–Kier alpha value is -2.70. The minimum Gasteiger partial charge on any atom is -0.278 e. The minimum atomic E-state index is -0.848. The van der Waals surface area contributed by atoms with E-state index in [1.54, 1.807) is 12.1 Å². The van der Waals surface area contributed by atoms with Crippen LogP contribution in [0.2, 0.25) is 0 Å². The molecule has 7 nitrogen and oxygen atoms in total. The number of barbiturate groups is 1. The van der Waals surface area contributed by atoms with Crippen LogP contribution < -0.4 is 16.1 Å². The van der Waals surface area contributed by atoms with Gasteiger partial charge in [-0.1, -0.05) is 17.7 Å². The molecule has 0 aliphatic carbocycles. The van der Waals surface area contributed by atoms with Crippen molar-refractivity contribution in [3.8, 4) is 0 Å². The third-order valence-electron chi connectivity index (χ3n) is 2.23. The summed E-state index contributed by atoms with van der Waals surface area (Å²) in [5.41, 5.74) is 3.88. The van der Waals surface area contributed by atoms with Crippen LogP contribution in [0, 0.1) is 6.92 Å². The van der Waals surface area contributed by atoms with Gasteiger partial charge in [0.1, 0.15) is 0 Å². The van der Waals surface area contributed by atoms with Crippen molar-refractivity contribution in [1.82, 2.24) is 10.6 Å². The number of hydrogen-bond donors (Lipinski definition) is 3. The van der Waals surface area contributed by atoms with Crippen molar-refractivity contribution < 1.29 is 14.4 Å². The lowest BCUT2D eigenvalue weighted by Gasteiger charge is -2.12.